The molecular weight excluding hydrogens is 384 g/mol. The Labute approximate surface area is 136 Å². The van der Waals surface area contributed by atoms with E-state index in [1.54, 1.807) is 12.1 Å². The molecule has 0 saturated carbocycles. The van der Waals surface area contributed by atoms with Crippen LogP contribution in [0, 0.1) is 8.70 Å². The van der Waals surface area contributed by atoms with E-state index in [0.717, 1.165) is 5.56 Å². The molecule has 1 N–H and O–H groups in total. The van der Waals surface area contributed by atoms with Crippen molar-refractivity contribution in [3.05, 3.63) is 55.0 Å². The first-order valence-electron chi connectivity index (χ1n) is 6.93. The summed E-state index contributed by atoms with van der Waals surface area (Å²) in [6.45, 7) is 2.11. The van der Waals surface area contributed by atoms with E-state index < -0.39 is 0 Å². The number of rotatable bonds is 3. The zero-order chi connectivity index (χ0) is 14.1. The molecule has 1 nitrogen and oxygen atoms in total. The number of nitrogens with one attached hydrogen (secondary N) is 1. The Morgan fingerprint density at radius 2 is 2.25 bits per heavy atom. The van der Waals surface area contributed by atoms with Crippen LogP contribution < -0.4 is 5.32 Å². The van der Waals surface area contributed by atoms with Gasteiger partial charge in [-0.05, 0) is 78.1 Å². The van der Waals surface area contributed by atoms with Gasteiger partial charge in [0.2, 0.25) is 0 Å². The first kappa shape index (κ1) is 14.5. The second-order valence-corrected chi connectivity index (χ2v) is 8.35. The van der Waals surface area contributed by atoms with Crippen molar-refractivity contribution in [3.8, 4) is 0 Å². The number of thiophene rings is 1. The van der Waals surface area contributed by atoms with Gasteiger partial charge in [0, 0.05) is 17.0 Å². The van der Waals surface area contributed by atoms with Crippen LogP contribution in [-0.4, -0.2) is 0 Å². The van der Waals surface area contributed by atoms with Gasteiger partial charge in [0.05, 0.1) is 2.88 Å². The number of hydrogen-bond acceptors (Lipinski definition) is 2. The maximum Gasteiger partial charge on any atom is 0.123 e. The lowest BCUT2D eigenvalue weighted by molar-refractivity contribution is 0.417. The van der Waals surface area contributed by atoms with Crippen LogP contribution in [0.4, 0.5) is 4.39 Å². The second kappa shape index (κ2) is 6.12. The number of fused-ring (bicyclic) bond motifs is 1. The third-order valence-electron chi connectivity index (χ3n) is 3.88. The largest absolute Gasteiger partial charge is 0.303 e. The van der Waals surface area contributed by atoms with E-state index in [1.807, 2.05) is 17.4 Å². The number of halogens is 2. The summed E-state index contributed by atoms with van der Waals surface area (Å²) in [6, 6.07) is 9.76. The minimum atomic E-state index is -0.162. The molecule has 1 aliphatic rings. The Morgan fingerprint density at radius 3 is 3.05 bits per heavy atom. The fourth-order valence-corrected chi connectivity index (χ4v) is 4.99. The van der Waals surface area contributed by atoms with E-state index in [1.165, 1.54) is 38.7 Å². The molecule has 1 aliphatic carbocycles. The van der Waals surface area contributed by atoms with Gasteiger partial charge >= 0.3 is 0 Å². The summed E-state index contributed by atoms with van der Waals surface area (Å²) in [5.74, 6) is -0.162. The van der Waals surface area contributed by atoms with E-state index >= 15 is 0 Å². The van der Waals surface area contributed by atoms with Crippen LogP contribution in [0.15, 0.2) is 30.3 Å². The van der Waals surface area contributed by atoms with Crippen molar-refractivity contribution >= 4 is 33.9 Å². The molecule has 3 rings (SSSR count). The monoisotopic (exact) mass is 401 g/mol. The summed E-state index contributed by atoms with van der Waals surface area (Å²) < 4.78 is 14.7. The minimum absolute atomic E-state index is 0.162. The van der Waals surface area contributed by atoms with Crippen molar-refractivity contribution < 1.29 is 4.39 Å². The SMILES string of the molecule is C[C@@H](NC1CCCc2sc(I)cc21)c1cccc(F)c1. The van der Waals surface area contributed by atoms with Crippen molar-refractivity contribution in [2.75, 3.05) is 0 Å². The maximum absolute atomic E-state index is 13.3. The Kier molecular flexibility index (Phi) is 4.43. The number of benzene rings is 1. The smallest absolute Gasteiger partial charge is 0.123 e. The summed E-state index contributed by atoms with van der Waals surface area (Å²) in [7, 11) is 0. The van der Waals surface area contributed by atoms with Crippen LogP contribution in [0.5, 0.6) is 0 Å². The fraction of sp³-hybridized carbons (Fsp3) is 0.375. The molecule has 1 aromatic heterocycles. The van der Waals surface area contributed by atoms with Crippen LogP contribution in [0.25, 0.3) is 0 Å². The zero-order valence-electron chi connectivity index (χ0n) is 11.3. The first-order valence-corrected chi connectivity index (χ1v) is 8.82. The van der Waals surface area contributed by atoms with Crippen LogP contribution >= 0.6 is 33.9 Å². The summed E-state index contributed by atoms with van der Waals surface area (Å²) in [6.07, 6.45) is 3.60. The van der Waals surface area contributed by atoms with Crippen molar-refractivity contribution in [2.45, 2.75) is 38.3 Å². The van der Waals surface area contributed by atoms with E-state index in [4.69, 9.17) is 0 Å². The topological polar surface area (TPSA) is 12.0 Å². The van der Waals surface area contributed by atoms with Crippen LogP contribution in [0.2, 0.25) is 0 Å². The van der Waals surface area contributed by atoms with E-state index in [0.29, 0.717) is 6.04 Å². The molecule has 106 valence electrons. The maximum atomic E-state index is 13.3. The molecule has 2 atom stereocenters. The molecular formula is C16H17FINS. The van der Waals surface area contributed by atoms with Crippen molar-refractivity contribution in [1.29, 1.82) is 0 Å². The number of hydrogen-bond donors (Lipinski definition) is 1. The Hall–Kier alpha value is -0.460. The number of aryl methyl sites for hydroxylation is 1. The summed E-state index contributed by atoms with van der Waals surface area (Å²) in [5.41, 5.74) is 2.47. The summed E-state index contributed by atoms with van der Waals surface area (Å²) >= 11 is 4.31. The third kappa shape index (κ3) is 3.07. The molecule has 0 fully saturated rings. The van der Waals surface area contributed by atoms with Gasteiger partial charge in [0.15, 0.2) is 0 Å². The molecule has 0 amide bonds. The Bertz CT molecular complexity index is 610. The summed E-state index contributed by atoms with van der Waals surface area (Å²) in [4.78, 5) is 1.52. The molecule has 20 heavy (non-hydrogen) atoms. The molecule has 0 aliphatic heterocycles. The van der Waals surface area contributed by atoms with Gasteiger partial charge in [0.1, 0.15) is 5.82 Å². The molecule has 0 spiro atoms. The predicted molar refractivity (Wildman–Crippen MR) is 90.7 cm³/mol. The highest BCUT2D eigenvalue weighted by atomic mass is 127. The normalized spacial score (nSPS) is 19.6. The Balaban J connectivity index is 1.78. The lowest BCUT2D eigenvalue weighted by atomic mass is 9.93. The highest BCUT2D eigenvalue weighted by Gasteiger charge is 2.24. The molecule has 2 aromatic rings. The van der Waals surface area contributed by atoms with Gasteiger partial charge in [-0.15, -0.1) is 11.3 Å². The molecule has 4 heteroatoms. The quantitative estimate of drug-likeness (QED) is 0.696. The van der Waals surface area contributed by atoms with Crippen molar-refractivity contribution in [2.24, 2.45) is 0 Å². The van der Waals surface area contributed by atoms with Gasteiger partial charge in [-0.3, -0.25) is 0 Å². The standard InChI is InChI=1S/C16H17FINS/c1-10(11-4-2-5-12(17)8-11)19-14-6-3-7-15-13(14)9-16(18)20-15/h2,4-5,8-10,14,19H,3,6-7H2,1H3/t10-,14?/m1/s1. The lowest BCUT2D eigenvalue weighted by Gasteiger charge is -2.27. The van der Waals surface area contributed by atoms with E-state index in [9.17, 15) is 4.39 Å². The third-order valence-corrected chi connectivity index (χ3v) is 5.85. The molecule has 1 heterocycles. The molecule has 0 radical (unpaired) electrons. The van der Waals surface area contributed by atoms with Gasteiger partial charge in [0.25, 0.3) is 0 Å². The van der Waals surface area contributed by atoms with Crippen molar-refractivity contribution in [1.82, 2.24) is 5.32 Å². The van der Waals surface area contributed by atoms with Gasteiger partial charge < -0.3 is 5.32 Å². The van der Waals surface area contributed by atoms with Crippen LogP contribution in [0.1, 0.15) is 47.9 Å². The van der Waals surface area contributed by atoms with Gasteiger partial charge in [-0.25, -0.2) is 4.39 Å². The molecule has 0 bridgehead atoms. The molecule has 1 unspecified atom stereocenters. The lowest BCUT2D eigenvalue weighted by Crippen LogP contribution is -2.27. The average Bonchev–Trinajstić information content (AvgIpc) is 2.80. The second-order valence-electron chi connectivity index (χ2n) is 5.32. The van der Waals surface area contributed by atoms with E-state index in [2.05, 4.69) is 40.9 Å². The van der Waals surface area contributed by atoms with Crippen LogP contribution in [-0.2, 0) is 6.42 Å². The predicted octanol–water partition coefficient (Wildman–Crippen LogP) is 5.22. The van der Waals surface area contributed by atoms with Crippen LogP contribution in [0.3, 0.4) is 0 Å². The highest BCUT2D eigenvalue weighted by molar-refractivity contribution is 14.1. The van der Waals surface area contributed by atoms with E-state index in [-0.39, 0.29) is 11.9 Å². The first-order chi connectivity index (χ1) is 9.63. The Morgan fingerprint density at radius 1 is 1.40 bits per heavy atom. The summed E-state index contributed by atoms with van der Waals surface area (Å²) in [5, 5.41) is 3.67. The van der Waals surface area contributed by atoms with Crippen molar-refractivity contribution in [3.63, 3.8) is 0 Å². The zero-order valence-corrected chi connectivity index (χ0v) is 14.3. The average molecular weight is 401 g/mol. The van der Waals surface area contributed by atoms with Gasteiger partial charge in [-0.1, -0.05) is 12.1 Å². The minimum Gasteiger partial charge on any atom is -0.303 e. The fourth-order valence-electron chi connectivity index (χ4n) is 2.87. The van der Waals surface area contributed by atoms with Gasteiger partial charge in [-0.2, -0.15) is 0 Å². The molecule has 0 saturated heterocycles. The molecule has 1 aromatic carbocycles. The highest BCUT2D eigenvalue weighted by Crippen LogP contribution is 2.37.